The first-order valence-corrected chi connectivity index (χ1v) is 11.9. The number of likely N-dealkylation sites (N-methyl/N-ethyl adjacent to an activating group) is 2. The molecule has 1 aromatic carbocycles. The Bertz CT molecular complexity index is 1090. The number of H-pyrrole nitrogens is 1. The molecule has 1 atom stereocenters. The lowest BCUT2D eigenvalue weighted by Crippen LogP contribution is -2.66. The minimum atomic E-state index is -0.425. The summed E-state index contributed by atoms with van der Waals surface area (Å²) in [5, 5.41) is 4.04. The molecular formula is C24H31ClN4O3. The van der Waals surface area contributed by atoms with Crippen LogP contribution in [-0.2, 0) is 4.79 Å². The lowest BCUT2D eigenvalue weighted by atomic mass is 9.35. The van der Waals surface area contributed by atoms with E-state index in [1.807, 2.05) is 31.1 Å². The zero-order chi connectivity index (χ0) is 22.8. The highest BCUT2D eigenvalue weighted by Crippen LogP contribution is 2.74. The van der Waals surface area contributed by atoms with Gasteiger partial charge in [0.1, 0.15) is 0 Å². The Morgan fingerprint density at radius 3 is 2.72 bits per heavy atom. The van der Waals surface area contributed by atoms with Gasteiger partial charge in [0.15, 0.2) is 5.75 Å². The Balaban J connectivity index is 1.54. The van der Waals surface area contributed by atoms with E-state index in [2.05, 4.69) is 17.2 Å². The molecule has 0 saturated heterocycles. The van der Waals surface area contributed by atoms with E-state index in [1.54, 1.807) is 11.9 Å². The molecule has 0 spiro atoms. The summed E-state index contributed by atoms with van der Waals surface area (Å²) < 4.78 is 5.83. The quantitative estimate of drug-likeness (QED) is 0.642. The van der Waals surface area contributed by atoms with E-state index in [-0.39, 0.29) is 17.2 Å². The van der Waals surface area contributed by atoms with Crippen molar-refractivity contribution in [2.75, 3.05) is 44.5 Å². The van der Waals surface area contributed by atoms with Crippen LogP contribution in [-0.4, -0.2) is 61.5 Å². The third kappa shape index (κ3) is 3.05. The van der Waals surface area contributed by atoms with E-state index in [1.165, 1.54) is 0 Å². The summed E-state index contributed by atoms with van der Waals surface area (Å²) in [7, 11) is 3.56. The maximum absolute atomic E-state index is 13.6. The Kier molecular flexibility index (Phi) is 4.98. The van der Waals surface area contributed by atoms with Gasteiger partial charge >= 0.3 is 6.09 Å². The molecular weight excluding hydrogens is 428 g/mol. The summed E-state index contributed by atoms with van der Waals surface area (Å²) in [5.74, 6) is 1.14. The molecule has 2 N–H and O–H groups in total. The second kappa shape index (κ2) is 7.39. The predicted octanol–water partition coefficient (Wildman–Crippen LogP) is 3.99. The predicted molar refractivity (Wildman–Crippen MR) is 126 cm³/mol. The molecule has 2 bridgehead atoms. The first kappa shape index (κ1) is 21.6. The number of ether oxygens (including phenoxy) is 1. The van der Waals surface area contributed by atoms with E-state index in [0.29, 0.717) is 36.7 Å². The molecule has 0 radical (unpaired) electrons. The summed E-state index contributed by atoms with van der Waals surface area (Å²) in [6.07, 6.45) is 4.41. The number of carbonyl (C=O) groups excluding carboxylic acids is 2. The summed E-state index contributed by atoms with van der Waals surface area (Å²) >= 11 is 6.39. The highest BCUT2D eigenvalue weighted by atomic mass is 35.5. The first-order valence-electron chi connectivity index (χ1n) is 11.3. The second-order valence-corrected chi connectivity index (χ2v) is 10.6. The second-order valence-electron chi connectivity index (χ2n) is 10.3. The fourth-order valence-corrected chi connectivity index (χ4v) is 6.51. The van der Waals surface area contributed by atoms with Crippen LogP contribution < -0.4 is 15.0 Å². The van der Waals surface area contributed by atoms with Crippen molar-refractivity contribution in [1.82, 2.24) is 15.2 Å². The van der Waals surface area contributed by atoms with E-state index in [4.69, 9.17) is 16.3 Å². The molecule has 2 amide bonds. The molecule has 2 aromatic rings. The molecule has 3 fully saturated rings. The van der Waals surface area contributed by atoms with Gasteiger partial charge in [0.25, 0.3) is 0 Å². The van der Waals surface area contributed by atoms with Gasteiger partial charge in [-0.05, 0) is 49.8 Å². The number of aromatic nitrogens is 1. The number of anilines is 1. The average molecular weight is 459 g/mol. The number of halogens is 1. The molecule has 1 aromatic heterocycles. The van der Waals surface area contributed by atoms with Crippen LogP contribution in [0, 0.1) is 17.8 Å². The number of hydrogen-bond acceptors (Lipinski definition) is 4. The summed E-state index contributed by atoms with van der Waals surface area (Å²) in [5.41, 5.74) is 3.90. The number of aromatic amines is 1. The molecule has 8 heteroatoms. The summed E-state index contributed by atoms with van der Waals surface area (Å²) in [6, 6.07) is 1.86. The van der Waals surface area contributed by atoms with Crippen molar-refractivity contribution in [1.29, 1.82) is 0 Å². The van der Waals surface area contributed by atoms with Gasteiger partial charge in [0.05, 0.1) is 16.6 Å². The number of carbonyl (C=O) groups is 2. The highest BCUT2D eigenvalue weighted by molar-refractivity contribution is 6.19. The van der Waals surface area contributed by atoms with Crippen LogP contribution in [0.3, 0.4) is 0 Å². The van der Waals surface area contributed by atoms with Crippen molar-refractivity contribution in [3.8, 4) is 5.75 Å². The maximum atomic E-state index is 13.6. The molecule has 3 saturated carbocycles. The SMILES string of the molecule is CNCCN(C)C(=O)Oc1cc2c(c3c(C)c[nH]c13)C(CCl)CN2C(=O)C12CC(C)(C1)C2. The van der Waals surface area contributed by atoms with Crippen LogP contribution in [0.5, 0.6) is 5.75 Å². The van der Waals surface area contributed by atoms with Gasteiger partial charge in [-0.2, -0.15) is 0 Å². The molecule has 172 valence electrons. The number of fused-ring (bicyclic) bond motifs is 3. The van der Waals surface area contributed by atoms with E-state index >= 15 is 0 Å². The number of nitrogens with one attached hydrogen (secondary N) is 2. The number of alkyl halides is 1. The van der Waals surface area contributed by atoms with Gasteiger partial charge < -0.3 is 24.8 Å². The fraction of sp³-hybridized carbons (Fsp3) is 0.583. The van der Waals surface area contributed by atoms with Crippen LogP contribution in [0.1, 0.15) is 43.2 Å². The molecule has 1 aliphatic heterocycles. The van der Waals surface area contributed by atoms with Crippen molar-refractivity contribution in [2.24, 2.45) is 10.8 Å². The van der Waals surface area contributed by atoms with Crippen LogP contribution >= 0.6 is 11.6 Å². The molecule has 6 rings (SSSR count). The van der Waals surface area contributed by atoms with Crippen molar-refractivity contribution < 1.29 is 14.3 Å². The standard InChI is InChI=1S/C24H31ClN4O3/c1-14-9-27-20-17(32-22(31)28(4)6-5-26-3)7-16-19(18(14)20)15(8-25)10-29(16)21(30)24-11-23(2,12-24)13-24/h7,9,15,26-27H,5-6,8,10-13H2,1-4H3. The van der Waals surface area contributed by atoms with Crippen LogP contribution in [0.15, 0.2) is 12.3 Å². The normalized spacial score (nSPS) is 27.7. The van der Waals surface area contributed by atoms with Crippen LogP contribution in [0.4, 0.5) is 10.5 Å². The van der Waals surface area contributed by atoms with Gasteiger partial charge in [-0.15, -0.1) is 11.6 Å². The average Bonchev–Trinajstić information content (AvgIpc) is 3.28. The number of benzene rings is 1. The smallest absolute Gasteiger partial charge is 0.408 e. The topological polar surface area (TPSA) is 77.7 Å². The monoisotopic (exact) mass is 458 g/mol. The Hall–Kier alpha value is -2.25. The first-order chi connectivity index (χ1) is 15.2. The molecule has 2 heterocycles. The summed E-state index contributed by atoms with van der Waals surface area (Å²) in [6.45, 7) is 6.08. The molecule has 1 unspecified atom stereocenters. The van der Waals surface area contributed by atoms with Gasteiger partial charge in [-0.3, -0.25) is 4.79 Å². The highest BCUT2D eigenvalue weighted by Gasteiger charge is 2.70. The van der Waals surface area contributed by atoms with Crippen molar-refractivity contribution in [3.05, 3.63) is 23.4 Å². The number of amides is 2. The number of aryl methyl sites for hydroxylation is 1. The number of nitrogens with zero attached hydrogens (tertiary/aromatic N) is 2. The molecule has 4 aliphatic rings. The lowest BCUT2D eigenvalue weighted by molar-refractivity contribution is -0.196. The van der Waals surface area contributed by atoms with Gasteiger partial charge in [-0.25, -0.2) is 4.79 Å². The molecule has 32 heavy (non-hydrogen) atoms. The zero-order valence-electron chi connectivity index (χ0n) is 19.2. The van der Waals surface area contributed by atoms with Crippen molar-refractivity contribution in [3.63, 3.8) is 0 Å². The lowest BCUT2D eigenvalue weighted by Gasteiger charge is -2.68. The maximum Gasteiger partial charge on any atom is 0.415 e. The number of rotatable bonds is 6. The Labute approximate surface area is 193 Å². The van der Waals surface area contributed by atoms with E-state index in [0.717, 1.165) is 47.0 Å². The molecule has 7 nitrogen and oxygen atoms in total. The Morgan fingerprint density at radius 1 is 1.38 bits per heavy atom. The minimum Gasteiger partial charge on any atom is -0.408 e. The minimum absolute atomic E-state index is 0.0543. The third-order valence-electron chi connectivity index (χ3n) is 7.63. The van der Waals surface area contributed by atoms with Crippen molar-refractivity contribution >= 4 is 40.2 Å². The number of hydrogen-bond donors (Lipinski definition) is 2. The third-order valence-corrected chi connectivity index (χ3v) is 8.00. The van der Waals surface area contributed by atoms with Gasteiger partial charge in [0, 0.05) is 56.1 Å². The van der Waals surface area contributed by atoms with E-state index in [9.17, 15) is 9.59 Å². The van der Waals surface area contributed by atoms with Gasteiger partial charge in [-0.1, -0.05) is 6.92 Å². The van der Waals surface area contributed by atoms with E-state index < -0.39 is 6.09 Å². The largest absolute Gasteiger partial charge is 0.415 e. The van der Waals surface area contributed by atoms with Crippen molar-refractivity contribution in [2.45, 2.75) is 39.0 Å². The Morgan fingerprint density at radius 2 is 2.09 bits per heavy atom. The van der Waals surface area contributed by atoms with Crippen LogP contribution in [0.2, 0.25) is 0 Å². The zero-order valence-corrected chi connectivity index (χ0v) is 19.9. The molecule has 3 aliphatic carbocycles. The summed E-state index contributed by atoms with van der Waals surface area (Å²) in [4.78, 5) is 33.1. The van der Waals surface area contributed by atoms with Gasteiger partial charge in [0.2, 0.25) is 5.91 Å². The fourth-order valence-electron chi connectivity index (χ4n) is 6.26. The van der Waals surface area contributed by atoms with Crippen LogP contribution in [0.25, 0.3) is 10.9 Å².